The highest BCUT2D eigenvalue weighted by Crippen LogP contribution is 2.27. The molecule has 2 saturated heterocycles. The molecule has 2 rings (SSSR count). The molecule has 0 aromatic heterocycles. The number of rotatable bonds is 4. The predicted molar refractivity (Wildman–Crippen MR) is 66.6 cm³/mol. The molecule has 0 aliphatic carbocycles. The van der Waals surface area contributed by atoms with E-state index >= 15 is 0 Å². The molecule has 0 aromatic carbocycles. The highest BCUT2D eigenvalue weighted by Gasteiger charge is 2.30. The van der Waals surface area contributed by atoms with Crippen LogP contribution in [0.2, 0.25) is 0 Å². The lowest BCUT2D eigenvalue weighted by molar-refractivity contribution is 0.150. The zero-order valence-electron chi connectivity index (χ0n) is 10.3. The van der Waals surface area contributed by atoms with Crippen LogP contribution in [0, 0.1) is 0 Å². The van der Waals surface area contributed by atoms with E-state index in [1.807, 2.05) is 0 Å². The van der Waals surface area contributed by atoms with Gasteiger partial charge in [0.2, 0.25) is 0 Å². The summed E-state index contributed by atoms with van der Waals surface area (Å²) in [5.74, 6) is 0. The molecule has 0 saturated carbocycles. The summed E-state index contributed by atoms with van der Waals surface area (Å²) >= 11 is 0. The Morgan fingerprint density at radius 2 is 2.06 bits per heavy atom. The first-order chi connectivity index (χ1) is 7.92. The third-order valence-corrected chi connectivity index (χ3v) is 4.13. The zero-order chi connectivity index (χ0) is 11.2. The van der Waals surface area contributed by atoms with Crippen molar-refractivity contribution < 1.29 is 5.11 Å². The van der Waals surface area contributed by atoms with Gasteiger partial charge in [0, 0.05) is 18.7 Å². The summed E-state index contributed by atoms with van der Waals surface area (Å²) in [6, 6.07) is 1.57. The van der Waals surface area contributed by atoms with Crippen LogP contribution in [0.4, 0.5) is 0 Å². The summed E-state index contributed by atoms with van der Waals surface area (Å²) in [6.07, 6.45) is 8.89. The lowest BCUT2D eigenvalue weighted by Gasteiger charge is -2.32. The molecule has 94 valence electrons. The van der Waals surface area contributed by atoms with Crippen molar-refractivity contribution >= 4 is 0 Å². The maximum atomic E-state index is 8.94. The van der Waals surface area contributed by atoms with Crippen LogP contribution in [-0.4, -0.2) is 48.3 Å². The molecule has 0 radical (unpaired) electrons. The average molecular weight is 226 g/mol. The van der Waals surface area contributed by atoms with Crippen LogP contribution < -0.4 is 5.32 Å². The monoisotopic (exact) mass is 226 g/mol. The van der Waals surface area contributed by atoms with Gasteiger partial charge in [-0.15, -0.1) is 0 Å². The van der Waals surface area contributed by atoms with Crippen molar-refractivity contribution in [3.05, 3.63) is 0 Å². The SMILES string of the molecule is OCCCC1CCCN1C1CCCNCC1. The van der Waals surface area contributed by atoms with E-state index < -0.39 is 0 Å². The van der Waals surface area contributed by atoms with Crippen molar-refractivity contribution in [1.82, 2.24) is 10.2 Å². The smallest absolute Gasteiger partial charge is 0.0431 e. The van der Waals surface area contributed by atoms with E-state index in [1.165, 1.54) is 58.2 Å². The predicted octanol–water partition coefficient (Wildman–Crippen LogP) is 1.37. The number of aliphatic hydroxyl groups is 1. The van der Waals surface area contributed by atoms with Gasteiger partial charge in [-0.25, -0.2) is 0 Å². The minimum atomic E-state index is 0.358. The van der Waals surface area contributed by atoms with E-state index in [0.717, 1.165) is 18.5 Å². The minimum absolute atomic E-state index is 0.358. The van der Waals surface area contributed by atoms with Crippen molar-refractivity contribution in [2.45, 2.75) is 57.0 Å². The van der Waals surface area contributed by atoms with Crippen molar-refractivity contribution in [2.75, 3.05) is 26.2 Å². The first-order valence-electron chi connectivity index (χ1n) is 6.99. The molecule has 3 heteroatoms. The molecule has 16 heavy (non-hydrogen) atoms. The molecule has 0 spiro atoms. The van der Waals surface area contributed by atoms with Gasteiger partial charge in [0.15, 0.2) is 0 Å². The van der Waals surface area contributed by atoms with E-state index in [1.54, 1.807) is 0 Å². The Morgan fingerprint density at radius 3 is 2.94 bits per heavy atom. The Morgan fingerprint density at radius 1 is 1.12 bits per heavy atom. The first-order valence-corrected chi connectivity index (χ1v) is 6.99. The van der Waals surface area contributed by atoms with Crippen LogP contribution in [-0.2, 0) is 0 Å². The zero-order valence-corrected chi connectivity index (χ0v) is 10.3. The second-order valence-electron chi connectivity index (χ2n) is 5.23. The van der Waals surface area contributed by atoms with Gasteiger partial charge in [0.25, 0.3) is 0 Å². The fourth-order valence-corrected chi connectivity index (χ4v) is 3.31. The van der Waals surface area contributed by atoms with E-state index in [4.69, 9.17) is 5.11 Å². The van der Waals surface area contributed by atoms with Crippen molar-refractivity contribution in [3.8, 4) is 0 Å². The van der Waals surface area contributed by atoms with E-state index in [-0.39, 0.29) is 0 Å². The number of nitrogens with zero attached hydrogens (tertiary/aromatic N) is 1. The first kappa shape index (κ1) is 12.3. The van der Waals surface area contributed by atoms with Gasteiger partial charge in [-0.2, -0.15) is 0 Å². The van der Waals surface area contributed by atoms with E-state index in [0.29, 0.717) is 6.61 Å². The highest BCUT2D eigenvalue weighted by atomic mass is 16.2. The molecule has 2 unspecified atom stereocenters. The topological polar surface area (TPSA) is 35.5 Å². The maximum Gasteiger partial charge on any atom is 0.0431 e. The number of nitrogens with one attached hydrogen (secondary N) is 1. The molecule has 2 fully saturated rings. The Labute approximate surface area is 99.2 Å². The van der Waals surface area contributed by atoms with Crippen LogP contribution in [0.25, 0.3) is 0 Å². The minimum Gasteiger partial charge on any atom is -0.396 e. The second-order valence-corrected chi connectivity index (χ2v) is 5.23. The Balaban J connectivity index is 1.85. The summed E-state index contributed by atoms with van der Waals surface area (Å²) in [5.41, 5.74) is 0. The molecule has 0 amide bonds. The van der Waals surface area contributed by atoms with E-state index in [9.17, 15) is 0 Å². The van der Waals surface area contributed by atoms with Gasteiger partial charge >= 0.3 is 0 Å². The summed E-state index contributed by atoms with van der Waals surface area (Å²) in [5, 5.41) is 12.4. The van der Waals surface area contributed by atoms with Gasteiger partial charge in [-0.1, -0.05) is 0 Å². The quantitative estimate of drug-likeness (QED) is 0.760. The number of likely N-dealkylation sites (tertiary alicyclic amines) is 1. The number of hydrogen-bond acceptors (Lipinski definition) is 3. The van der Waals surface area contributed by atoms with Gasteiger partial charge in [-0.05, 0) is 64.6 Å². The molecule has 3 nitrogen and oxygen atoms in total. The molecule has 2 heterocycles. The lowest BCUT2D eigenvalue weighted by atomic mass is 10.0. The Kier molecular flexibility index (Phi) is 5.07. The fraction of sp³-hybridized carbons (Fsp3) is 1.00. The van der Waals surface area contributed by atoms with Gasteiger partial charge in [0.1, 0.15) is 0 Å². The molecule has 2 aliphatic heterocycles. The third kappa shape index (κ3) is 3.19. The Hall–Kier alpha value is -0.120. The molecular weight excluding hydrogens is 200 g/mol. The summed E-state index contributed by atoms with van der Waals surface area (Å²) in [7, 11) is 0. The van der Waals surface area contributed by atoms with Crippen LogP contribution in [0.5, 0.6) is 0 Å². The summed E-state index contributed by atoms with van der Waals surface area (Å²) in [6.45, 7) is 4.04. The highest BCUT2D eigenvalue weighted by molar-refractivity contribution is 4.86. The molecule has 2 N–H and O–H groups in total. The fourth-order valence-electron chi connectivity index (χ4n) is 3.31. The van der Waals surface area contributed by atoms with Crippen molar-refractivity contribution in [2.24, 2.45) is 0 Å². The maximum absolute atomic E-state index is 8.94. The molecule has 2 atom stereocenters. The van der Waals surface area contributed by atoms with Crippen molar-refractivity contribution in [1.29, 1.82) is 0 Å². The van der Waals surface area contributed by atoms with Gasteiger partial charge in [-0.3, -0.25) is 4.90 Å². The molecule has 0 aromatic rings. The van der Waals surface area contributed by atoms with E-state index in [2.05, 4.69) is 10.2 Å². The normalized spacial score (nSPS) is 32.8. The lowest BCUT2D eigenvalue weighted by Crippen LogP contribution is -2.39. The number of hydrogen-bond donors (Lipinski definition) is 2. The van der Waals surface area contributed by atoms with Gasteiger partial charge in [0.05, 0.1) is 0 Å². The number of aliphatic hydroxyl groups excluding tert-OH is 1. The van der Waals surface area contributed by atoms with Gasteiger partial charge < -0.3 is 10.4 Å². The largest absolute Gasteiger partial charge is 0.396 e. The molecule has 2 aliphatic rings. The standard InChI is InChI=1S/C13H26N2O/c16-11-3-6-12-5-2-10-15(12)13-4-1-8-14-9-7-13/h12-14,16H,1-11H2. The van der Waals surface area contributed by atoms with Crippen molar-refractivity contribution in [3.63, 3.8) is 0 Å². The molecular formula is C13H26N2O. The summed E-state index contributed by atoms with van der Waals surface area (Å²) < 4.78 is 0. The van der Waals surface area contributed by atoms with Crippen LogP contribution in [0.15, 0.2) is 0 Å². The Bertz CT molecular complexity index is 190. The second kappa shape index (κ2) is 6.58. The third-order valence-electron chi connectivity index (χ3n) is 4.13. The molecule has 0 bridgehead atoms. The summed E-state index contributed by atoms with van der Waals surface area (Å²) in [4.78, 5) is 2.74. The van der Waals surface area contributed by atoms with Crippen LogP contribution in [0.1, 0.15) is 44.9 Å². The van der Waals surface area contributed by atoms with Crippen LogP contribution in [0.3, 0.4) is 0 Å². The average Bonchev–Trinajstić information content (AvgIpc) is 2.60. The van der Waals surface area contributed by atoms with Crippen LogP contribution >= 0.6 is 0 Å².